The summed E-state index contributed by atoms with van der Waals surface area (Å²) in [6.45, 7) is -0.0671. The molecule has 6 nitrogen and oxygen atoms in total. The fourth-order valence-electron chi connectivity index (χ4n) is 3.09. The lowest BCUT2D eigenvalue weighted by Gasteiger charge is -2.17. The maximum absolute atomic E-state index is 12.5. The molecule has 2 aromatic heterocycles. The predicted octanol–water partition coefficient (Wildman–Crippen LogP) is 4.40. The highest BCUT2D eigenvalue weighted by Gasteiger charge is 2.20. The molecular formula is C23H19N3O3. The van der Waals surface area contributed by atoms with Crippen molar-refractivity contribution in [2.45, 2.75) is 18.9 Å². The van der Waals surface area contributed by atoms with Gasteiger partial charge in [0.25, 0.3) is 5.89 Å². The fourth-order valence-corrected chi connectivity index (χ4v) is 3.09. The Balaban J connectivity index is 1.42. The summed E-state index contributed by atoms with van der Waals surface area (Å²) in [5.74, 6) is 0.242. The molecule has 6 heteroatoms. The van der Waals surface area contributed by atoms with E-state index < -0.39 is 0 Å². The molecule has 0 aliphatic carbocycles. The van der Waals surface area contributed by atoms with Crippen molar-refractivity contribution in [2.75, 3.05) is 0 Å². The van der Waals surface area contributed by atoms with Crippen LogP contribution in [0.3, 0.4) is 0 Å². The van der Waals surface area contributed by atoms with Crippen LogP contribution >= 0.6 is 0 Å². The van der Waals surface area contributed by atoms with Crippen LogP contribution in [0.4, 0.5) is 0 Å². The number of nitrogens with zero attached hydrogens (tertiary/aromatic N) is 3. The average Bonchev–Trinajstić information content (AvgIpc) is 3.27. The number of carbonyl (C=O) groups is 1. The number of carbonyl (C=O) groups excluding carboxylic acids is 1. The highest BCUT2D eigenvalue weighted by atomic mass is 16.6. The lowest BCUT2D eigenvalue weighted by atomic mass is 9.89. The first-order valence-electron chi connectivity index (χ1n) is 9.28. The summed E-state index contributed by atoms with van der Waals surface area (Å²) < 4.78 is 10.6. The molecule has 0 aliphatic rings. The van der Waals surface area contributed by atoms with E-state index in [1.807, 2.05) is 66.7 Å². The second-order valence-corrected chi connectivity index (χ2v) is 6.49. The molecule has 0 radical (unpaired) electrons. The molecule has 4 aromatic rings. The molecule has 0 saturated carbocycles. The van der Waals surface area contributed by atoms with Gasteiger partial charge in [0.1, 0.15) is 0 Å². The fraction of sp³-hybridized carbons (Fsp3) is 0.130. The Kier molecular flexibility index (Phi) is 5.71. The Morgan fingerprint density at radius 3 is 2.24 bits per heavy atom. The van der Waals surface area contributed by atoms with Crippen LogP contribution in [0.25, 0.3) is 11.4 Å². The van der Waals surface area contributed by atoms with E-state index in [4.69, 9.17) is 9.26 Å². The van der Waals surface area contributed by atoms with Gasteiger partial charge in [-0.05, 0) is 23.3 Å². The maximum Gasteiger partial charge on any atom is 0.307 e. The van der Waals surface area contributed by atoms with E-state index in [1.165, 1.54) is 0 Å². The molecule has 2 heterocycles. The molecule has 0 amide bonds. The lowest BCUT2D eigenvalue weighted by Crippen LogP contribution is -2.12. The van der Waals surface area contributed by atoms with E-state index >= 15 is 0 Å². The molecule has 0 unspecified atom stereocenters. The van der Waals surface area contributed by atoms with E-state index in [9.17, 15) is 4.79 Å². The largest absolute Gasteiger partial charge is 0.456 e. The summed E-state index contributed by atoms with van der Waals surface area (Å²) in [6, 6.07) is 23.5. The molecule has 0 atom stereocenters. The number of hydrogen-bond donors (Lipinski definition) is 0. The molecule has 0 spiro atoms. The first-order chi connectivity index (χ1) is 14.3. The summed E-state index contributed by atoms with van der Waals surface area (Å²) in [4.78, 5) is 20.8. The van der Waals surface area contributed by atoms with Crippen molar-refractivity contribution in [3.05, 3.63) is 102 Å². The topological polar surface area (TPSA) is 78.1 Å². The Morgan fingerprint density at radius 2 is 1.62 bits per heavy atom. The van der Waals surface area contributed by atoms with Gasteiger partial charge in [0.15, 0.2) is 6.61 Å². The normalized spacial score (nSPS) is 10.8. The quantitative estimate of drug-likeness (QED) is 0.439. The average molecular weight is 385 g/mol. The summed E-state index contributed by atoms with van der Waals surface area (Å²) in [6.07, 6.45) is 3.53. The molecule has 144 valence electrons. The molecule has 0 fully saturated rings. The predicted molar refractivity (Wildman–Crippen MR) is 107 cm³/mol. The van der Waals surface area contributed by atoms with E-state index in [0.29, 0.717) is 5.82 Å². The molecule has 29 heavy (non-hydrogen) atoms. The minimum Gasteiger partial charge on any atom is -0.456 e. The van der Waals surface area contributed by atoms with Crippen LogP contribution in [-0.2, 0) is 16.1 Å². The van der Waals surface area contributed by atoms with Crippen molar-refractivity contribution in [2.24, 2.45) is 0 Å². The zero-order chi connectivity index (χ0) is 19.9. The van der Waals surface area contributed by atoms with Gasteiger partial charge in [-0.2, -0.15) is 4.98 Å². The van der Waals surface area contributed by atoms with Gasteiger partial charge in [-0.3, -0.25) is 9.78 Å². The van der Waals surface area contributed by atoms with Crippen molar-refractivity contribution in [3.8, 4) is 11.4 Å². The van der Waals surface area contributed by atoms with E-state index in [1.54, 1.807) is 18.5 Å². The van der Waals surface area contributed by atoms with Gasteiger partial charge in [-0.25, -0.2) is 0 Å². The molecule has 0 bridgehead atoms. The van der Waals surface area contributed by atoms with Crippen LogP contribution in [0.5, 0.6) is 0 Å². The van der Waals surface area contributed by atoms with Crippen LogP contribution in [0, 0.1) is 0 Å². The number of ether oxygens (including phenoxy) is 1. The second kappa shape index (κ2) is 8.93. The molecule has 0 aliphatic heterocycles. The van der Waals surface area contributed by atoms with Crippen molar-refractivity contribution < 1.29 is 14.1 Å². The highest BCUT2D eigenvalue weighted by molar-refractivity contribution is 5.71. The molecule has 2 aromatic carbocycles. The van der Waals surface area contributed by atoms with Crippen molar-refractivity contribution >= 4 is 5.97 Å². The molecular weight excluding hydrogens is 366 g/mol. The van der Waals surface area contributed by atoms with Crippen molar-refractivity contribution in [3.63, 3.8) is 0 Å². The first-order valence-corrected chi connectivity index (χ1v) is 9.28. The van der Waals surface area contributed by atoms with E-state index in [-0.39, 0.29) is 30.8 Å². The third-order valence-corrected chi connectivity index (χ3v) is 4.52. The van der Waals surface area contributed by atoms with E-state index in [0.717, 1.165) is 16.7 Å². The van der Waals surface area contributed by atoms with Crippen molar-refractivity contribution in [1.82, 2.24) is 15.1 Å². The van der Waals surface area contributed by atoms with Gasteiger partial charge in [-0.15, -0.1) is 0 Å². The number of aromatic nitrogens is 3. The minimum atomic E-state index is -0.330. The van der Waals surface area contributed by atoms with Crippen LogP contribution in [-0.4, -0.2) is 21.1 Å². The van der Waals surface area contributed by atoms with Crippen molar-refractivity contribution in [1.29, 1.82) is 0 Å². The lowest BCUT2D eigenvalue weighted by molar-refractivity contribution is -0.146. The summed E-state index contributed by atoms with van der Waals surface area (Å²) in [5.41, 5.74) is 2.86. The maximum atomic E-state index is 12.5. The van der Waals surface area contributed by atoms with Gasteiger partial charge >= 0.3 is 5.97 Å². The smallest absolute Gasteiger partial charge is 0.307 e. The van der Waals surface area contributed by atoms with Gasteiger partial charge in [-0.1, -0.05) is 65.8 Å². The monoisotopic (exact) mass is 385 g/mol. The third-order valence-electron chi connectivity index (χ3n) is 4.52. The Hall–Kier alpha value is -3.80. The van der Waals surface area contributed by atoms with Gasteiger partial charge < -0.3 is 9.26 Å². The number of rotatable bonds is 7. The minimum absolute atomic E-state index is 0.0671. The van der Waals surface area contributed by atoms with Crippen LogP contribution in [0.1, 0.15) is 29.4 Å². The third kappa shape index (κ3) is 4.73. The zero-order valence-corrected chi connectivity index (χ0v) is 15.6. The van der Waals surface area contributed by atoms with E-state index in [2.05, 4.69) is 15.1 Å². The molecule has 4 rings (SSSR count). The highest BCUT2D eigenvalue weighted by Crippen LogP contribution is 2.28. The number of benzene rings is 2. The number of esters is 1. The zero-order valence-electron chi connectivity index (χ0n) is 15.6. The Bertz CT molecular complexity index is 1010. The van der Waals surface area contributed by atoms with Gasteiger partial charge in [0.05, 0.1) is 6.42 Å². The van der Waals surface area contributed by atoms with Gasteiger partial charge in [0.2, 0.25) is 5.82 Å². The number of pyridine rings is 1. The Morgan fingerprint density at radius 1 is 0.931 bits per heavy atom. The Labute approximate surface area is 168 Å². The SMILES string of the molecule is O=C(CC(c1ccccc1)c1ccccc1)OCc1nc(-c2cccnc2)no1. The second-order valence-electron chi connectivity index (χ2n) is 6.49. The standard InChI is InChI=1S/C23H19N3O3/c27-22(28-16-21-25-23(26-29-21)19-12-7-13-24-15-19)14-20(17-8-3-1-4-9-17)18-10-5-2-6-11-18/h1-13,15,20H,14,16H2. The summed E-state index contributed by atoms with van der Waals surface area (Å²) in [5, 5.41) is 3.90. The summed E-state index contributed by atoms with van der Waals surface area (Å²) in [7, 11) is 0. The van der Waals surface area contributed by atoms with Crippen LogP contribution in [0.15, 0.2) is 89.7 Å². The molecule has 0 N–H and O–H groups in total. The summed E-state index contributed by atoms with van der Waals surface area (Å²) >= 11 is 0. The first kappa shape index (κ1) is 18.6. The van der Waals surface area contributed by atoms with Crippen LogP contribution < -0.4 is 0 Å². The van der Waals surface area contributed by atoms with Gasteiger partial charge in [0, 0.05) is 23.9 Å². The van der Waals surface area contributed by atoms with Crippen LogP contribution in [0.2, 0.25) is 0 Å². The molecule has 0 saturated heterocycles. The number of hydrogen-bond acceptors (Lipinski definition) is 6.